The summed E-state index contributed by atoms with van der Waals surface area (Å²) in [6.07, 6.45) is 3.19. The molecule has 1 aliphatic heterocycles. The molecule has 1 N–H and O–H groups in total. The van der Waals surface area contributed by atoms with Gasteiger partial charge in [0.1, 0.15) is 5.82 Å². The summed E-state index contributed by atoms with van der Waals surface area (Å²) in [5.41, 5.74) is 1.14. The second-order valence-corrected chi connectivity index (χ2v) is 6.03. The molecule has 3 rings (SSSR count). The number of carbonyl (C=O) groups is 1. The fourth-order valence-electron chi connectivity index (χ4n) is 3.01. The van der Waals surface area contributed by atoms with Crippen LogP contribution in [0.15, 0.2) is 30.5 Å². The van der Waals surface area contributed by atoms with Crippen LogP contribution in [0.4, 0.5) is 11.5 Å². The number of anilines is 2. The van der Waals surface area contributed by atoms with Crippen LogP contribution in [0.3, 0.4) is 0 Å². The zero-order valence-electron chi connectivity index (χ0n) is 13.0. The van der Waals surface area contributed by atoms with E-state index in [4.69, 9.17) is 5.11 Å². The molecule has 1 saturated heterocycles. The van der Waals surface area contributed by atoms with Crippen molar-refractivity contribution in [2.45, 2.75) is 12.8 Å². The minimum absolute atomic E-state index is 0.219. The lowest BCUT2D eigenvalue weighted by Gasteiger charge is -2.31. The Morgan fingerprint density at radius 2 is 2.00 bits per heavy atom. The van der Waals surface area contributed by atoms with Crippen molar-refractivity contribution in [1.82, 2.24) is 4.98 Å². The average Bonchev–Trinajstić information content (AvgIpc) is 2.53. The molecule has 116 valence electrons. The molecule has 0 amide bonds. The minimum Gasteiger partial charge on any atom is -0.481 e. The molecule has 22 heavy (non-hydrogen) atoms. The summed E-state index contributed by atoms with van der Waals surface area (Å²) in [5, 5.41) is 11.4. The van der Waals surface area contributed by atoms with E-state index in [1.165, 1.54) is 0 Å². The van der Waals surface area contributed by atoms with Gasteiger partial charge in [-0.25, -0.2) is 4.98 Å². The Bertz CT molecular complexity index is 691. The summed E-state index contributed by atoms with van der Waals surface area (Å²) in [7, 11) is 4.05. The van der Waals surface area contributed by atoms with Crippen molar-refractivity contribution in [3.05, 3.63) is 30.5 Å². The normalized spacial score (nSPS) is 16.0. The van der Waals surface area contributed by atoms with Crippen LogP contribution in [0.25, 0.3) is 10.8 Å². The maximum Gasteiger partial charge on any atom is 0.306 e. The maximum atomic E-state index is 11.1. The molecule has 1 aliphatic rings. The van der Waals surface area contributed by atoms with Gasteiger partial charge in [-0.15, -0.1) is 0 Å². The van der Waals surface area contributed by atoms with Crippen molar-refractivity contribution in [2.24, 2.45) is 5.92 Å². The number of hydrogen-bond acceptors (Lipinski definition) is 4. The Labute approximate surface area is 130 Å². The van der Waals surface area contributed by atoms with Crippen LogP contribution in [0.5, 0.6) is 0 Å². The fourth-order valence-corrected chi connectivity index (χ4v) is 3.01. The highest BCUT2D eigenvalue weighted by Crippen LogP contribution is 2.30. The fraction of sp³-hybridized carbons (Fsp3) is 0.412. The van der Waals surface area contributed by atoms with Gasteiger partial charge in [0.25, 0.3) is 0 Å². The van der Waals surface area contributed by atoms with E-state index in [0.717, 1.165) is 35.4 Å². The van der Waals surface area contributed by atoms with Crippen LogP contribution in [-0.2, 0) is 4.79 Å². The quantitative estimate of drug-likeness (QED) is 0.944. The van der Waals surface area contributed by atoms with Crippen molar-refractivity contribution in [3.63, 3.8) is 0 Å². The van der Waals surface area contributed by atoms with E-state index in [0.29, 0.717) is 12.8 Å². The monoisotopic (exact) mass is 299 g/mol. The minimum atomic E-state index is -0.680. The molecule has 0 aliphatic carbocycles. The Hall–Kier alpha value is -2.30. The van der Waals surface area contributed by atoms with Crippen LogP contribution in [0.2, 0.25) is 0 Å². The molecule has 0 atom stereocenters. The summed E-state index contributed by atoms with van der Waals surface area (Å²) < 4.78 is 0. The van der Waals surface area contributed by atoms with Gasteiger partial charge < -0.3 is 14.9 Å². The Morgan fingerprint density at radius 1 is 1.27 bits per heavy atom. The van der Waals surface area contributed by atoms with Crippen molar-refractivity contribution < 1.29 is 9.90 Å². The molecule has 1 fully saturated rings. The molecular formula is C17H21N3O2. The number of carboxylic acids is 1. The van der Waals surface area contributed by atoms with Gasteiger partial charge in [0, 0.05) is 44.5 Å². The third kappa shape index (κ3) is 2.71. The van der Waals surface area contributed by atoms with Gasteiger partial charge in [0.15, 0.2) is 0 Å². The number of carboxylic acid groups (broad SMARTS) is 1. The van der Waals surface area contributed by atoms with E-state index in [2.05, 4.69) is 33.0 Å². The molecule has 0 saturated carbocycles. The van der Waals surface area contributed by atoms with Crippen molar-refractivity contribution in [3.8, 4) is 0 Å². The van der Waals surface area contributed by atoms with Crippen LogP contribution in [0.1, 0.15) is 12.8 Å². The van der Waals surface area contributed by atoms with Gasteiger partial charge in [0.2, 0.25) is 0 Å². The number of fused-ring (bicyclic) bond motifs is 1. The molecule has 0 unspecified atom stereocenters. The predicted octanol–water partition coefficient (Wildman–Crippen LogP) is 2.60. The standard InChI is InChI=1S/C17H21N3O2/c1-19(2)14-4-3-12-5-8-18-16(15(12)11-14)20-9-6-13(7-10-20)17(21)22/h3-5,8,11,13H,6-7,9-10H2,1-2H3,(H,21,22). The van der Waals surface area contributed by atoms with Crippen LogP contribution in [0, 0.1) is 5.92 Å². The molecule has 2 aromatic rings. The largest absolute Gasteiger partial charge is 0.481 e. The van der Waals surface area contributed by atoms with Gasteiger partial charge in [-0.2, -0.15) is 0 Å². The number of piperidine rings is 1. The Kier molecular flexibility index (Phi) is 3.88. The van der Waals surface area contributed by atoms with Gasteiger partial charge in [-0.05, 0) is 36.4 Å². The molecule has 5 heteroatoms. The Balaban J connectivity index is 1.93. The smallest absolute Gasteiger partial charge is 0.306 e. The lowest BCUT2D eigenvalue weighted by atomic mass is 9.97. The number of benzene rings is 1. The summed E-state index contributed by atoms with van der Waals surface area (Å²) in [6.45, 7) is 1.49. The highest BCUT2D eigenvalue weighted by atomic mass is 16.4. The second kappa shape index (κ2) is 5.83. The highest BCUT2D eigenvalue weighted by Gasteiger charge is 2.25. The molecule has 0 spiro atoms. The first kappa shape index (κ1) is 14.6. The maximum absolute atomic E-state index is 11.1. The molecule has 0 bridgehead atoms. The topological polar surface area (TPSA) is 56.7 Å². The first-order valence-corrected chi connectivity index (χ1v) is 7.60. The van der Waals surface area contributed by atoms with Crippen LogP contribution >= 0.6 is 0 Å². The molecule has 0 radical (unpaired) electrons. The van der Waals surface area contributed by atoms with E-state index < -0.39 is 5.97 Å². The number of nitrogens with zero attached hydrogens (tertiary/aromatic N) is 3. The lowest BCUT2D eigenvalue weighted by Crippen LogP contribution is -2.36. The number of rotatable bonds is 3. The number of hydrogen-bond donors (Lipinski definition) is 1. The Morgan fingerprint density at radius 3 is 2.64 bits per heavy atom. The first-order chi connectivity index (χ1) is 10.6. The van der Waals surface area contributed by atoms with Crippen molar-refractivity contribution in [2.75, 3.05) is 37.0 Å². The van der Waals surface area contributed by atoms with E-state index in [1.54, 1.807) is 0 Å². The van der Waals surface area contributed by atoms with Crippen LogP contribution < -0.4 is 9.80 Å². The zero-order chi connectivity index (χ0) is 15.7. The van der Waals surface area contributed by atoms with E-state index in [9.17, 15) is 4.79 Å². The molecular weight excluding hydrogens is 278 g/mol. The third-order valence-corrected chi connectivity index (χ3v) is 4.39. The van der Waals surface area contributed by atoms with E-state index in [1.807, 2.05) is 26.4 Å². The first-order valence-electron chi connectivity index (χ1n) is 7.60. The summed E-state index contributed by atoms with van der Waals surface area (Å²) in [6, 6.07) is 8.38. The third-order valence-electron chi connectivity index (χ3n) is 4.39. The van der Waals surface area contributed by atoms with Gasteiger partial charge in [-0.3, -0.25) is 4.79 Å². The summed E-state index contributed by atoms with van der Waals surface area (Å²) in [4.78, 5) is 19.9. The second-order valence-electron chi connectivity index (χ2n) is 6.03. The van der Waals surface area contributed by atoms with E-state index in [-0.39, 0.29) is 5.92 Å². The van der Waals surface area contributed by atoms with Gasteiger partial charge >= 0.3 is 5.97 Å². The average molecular weight is 299 g/mol. The summed E-state index contributed by atoms with van der Waals surface area (Å²) in [5.74, 6) is 0.0639. The zero-order valence-corrected chi connectivity index (χ0v) is 13.0. The molecule has 1 aromatic heterocycles. The van der Waals surface area contributed by atoms with Crippen LogP contribution in [-0.4, -0.2) is 43.2 Å². The number of aliphatic carboxylic acids is 1. The summed E-state index contributed by atoms with van der Waals surface area (Å²) >= 11 is 0. The van der Waals surface area contributed by atoms with Crippen molar-refractivity contribution >= 4 is 28.2 Å². The molecule has 1 aromatic carbocycles. The highest BCUT2D eigenvalue weighted by molar-refractivity contribution is 5.94. The SMILES string of the molecule is CN(C)c1ccc2ccnc(N3CCC(C(=O)O)CC3)c2c1. The van der Waals surface area contributed by atoms with E-state index >= 15 is 0 Å². The van der Waals surface area contributed by atoms with Crippen molar-refractivity contribution in [1.29, 1.82) is 0 Å². The number of aromatic nitrogens is 1. The molecule has 2 heterocycles. The molecule has 5 nitrogen and oxygen atoms in total. The van der Waals surface area contributed by atoms with Gasteiger partial charge in [0.05, 0.1) is 5.92 Å². The predicted molar refractivity (Wildman–Crippen MR) is 88.6 cm³/mol. The lowest BCUT2D eigenvalue weighted by molar-refractivity contribution is -0.142. The van der Waals surface area contributed by atoms with Gasteiger partial charge in [-0.1, -0.05) is 6.07 Å². The number of pyridine rings is 1.